The summed E-state index contributed by atoms with van der Waals surface area (Å²) in [6.07, 6.45) is 1.03. The maximum Gasteiger partial charge on any atom is 0.407 e. The van der Waals surface area contributed by atoms with E-state index in [1.54, 1.807) is 6.92 Å². The lowest BCUT2D eigenvalue weighted by Gasteiger charge is -2.33. The molecule has 3 atom stereocenters. The summed E-state index contributed by atoms with van der Waals surface area (Å²) in [5.41, 5.74) is 5.53. The molecular weight excluding hydrogens is 402 g/mol. The van der Waals surface area contributed by atoms with Crippen LogP contribution in [-0.4, -0.2) is 29.8 Å². The number of nitrogens with one attached hydrogen (secondary N) is 1. The zero-order chi connectivity index (χ0) is 23.2. The predicted octanol–water partition coefficient (Wildman–Crippen LogP) is 5.41. The van der Waals surface area contributed by atoms with Crippen molar-refractivity contribution in [3.8, 4) is 11.1 Å². The van der Waals surface area contributed by atoms with Gasteiger partial charge in [0, 0.05) is 18.0 Å². The Kier molecular flexibility index (Phi) is 5.70. The second-order valence-corrected chi connectivity index (χ2v) is 9.97. The lowest BCUT2D eigenvalue weighted by atomic mass is 9.69. The molecular formula is C27H31NO4. The van der Waals surface area contributed by atoms with Crippen LogP contribution in [0.1, 0.15) is 79.9 Å². The second kappa shape index (κ2) is 8.19. The number of hydrogen-bond acceptors (Lipinski definition) is 4. The van der Waals surface area contributed by atoms with E-state index in [0.29, 0.717) is 13.0 Å². The molecule has 1 amide bonds. The number of benzene rings is 2. The SMILES string of the molecule is CC1C(=O)c2c(ccc3c2CC(CCNC(=O)OC(C)(C)C)c2ccccc2-3)C(C)C1=O. The Hall–Kier alpha value is -2.95. The van der Waals surface area contributed by atoms with Gasteiger partial charge in [-0.15, -0.1) is 0 Å². The van der Waals surface area contributed by atoms with E-state index in [1.165, 1.54) is 5.56 Å². The Morgan fingerprint density at radius 1 is 1.00 bits per heavy atom. The van der Waals surface area contributed by atoms with Crippen molar-refractivity contribution in [3.05, 3.63) is 58.7 Å². The van der Waals surface area contributed by atoms with Crippen molar-refractivity contribution in [1.82, 2.24) is 5.32 Å². The minimum Gasteiger partial charge on any atom is -0.444 e. The van der Waals surface area contributed by atoms with Crippen LogP contribution in [0.25, 0.3) is 11.1 Å². The minimum atomic E-state index is -0.603. The number of hydrogen-bond donors (Lipinski definition) is 1. The van der Waals surface area contributed by atoms with E-state index < -0.39 is 17.6 Å². The molecule has 0 spiro atoms. The molecule has 4 rings (SSSR count). The lowest BCUT2D eigenvalue weighted by molar-refractivity contribution is -0.122. The molecule has 0 heterocycles. The average molecular weight is 434 g/mol. The van der Waals surface area contributed by atoms with Gasteiger partial charge in [0.1, 0.15) is 5.60 Å². The van der Waals surface area contributed by atoms with Gasteiger partial charge in [-0.3, -0.25) is 9.59 Å². The highest BCUT2D eigenvalue weighted by Crippen LogP contribution is 2.46. The van der Waals surface area contributed by atoms with Crippen LogP contribution < -0.4 is 5.32 Å². The number of ether oxygens (including phenoxy) is 1. The summed E-state index contributed by atoms with van der Waals surface area (Å²) >= 11 is 0. The van der Waals surface area contributed by atoms with Gasteiger partial charge in [0.05, 0.1) is 5.92 Å². The molecule has 0 saturated carbocycles. The summed E-state index contributed by atoms with van der Waals surface area (Å²) in [4.78, 5) is 37.8. The summed E-state index contributed by atoms with van der Waals surface area (Å²) in [5, 5.41) is 2.86. The van der Waals surface area contributed by atoms with Crippen LogP contribution in [0, 0.1) is 5.92 Å². The Morgan fingerprint density at radius 3 is 2.44 bits per heavy atom. The van der Waals surface area contributed by atoms with Gasteiger partial charge in [0.15, 0.2) is 11.6 Å². The molecule has 1 N–H and O–H groups in total. The third-order valence-corrected chi connectivity index (χ3v) is 6.61. The van der Waals surface area contributed by atoms with E-state index >= 15 is 0 Å². The molecule has 0 saturated heterocycles. The highest BCUT2D eigenvalue weighted by Gasteiger charge is 2.39. The number of rotatable bonds is 3. The molecule has 5 heteroatoms. The molecule has 0 aromatic heterocycles. The fraction of sp³-hybridized carbons (Fsp3) is 0.444. The van der Waals surface area contributed by atoms with E-state index in [4.69, 9.17) is 4.74 Å². The van der Waals surface area contributed by atoms with Gasteiger partial charge in [-0.1, -0.05) is 43.3 Å². The Bertz CT molecular complexity index is 1100. The first-order valence-corrected chi connectivity index (χ1v) is 11.4. The van der Waals surface area contributed by atoms with E-state index in [2.05, 4.69) is 23.5 Å². The average Bonchev–Trinajstić information content (AvgIpc) is 2.74. The molecule has 0 aliphatic heterocycles. The van der Waals surface area contributed by atoms with E-state index in [1.807, 2.05) is 45.9 Å². The second-order valence-electron chi connectivity index (χ2n) is 9.97. The summed E-state index contributed by atoms with van der Waals surface area (Å²) in [5.74, 6) is -0.779. The zero-order valence-electron chi connectivity index (χ0n) is 19.5. The van der Waals surface area contributed by atoms with E-state index in [0.717, 1.165) is 34.2 Å². The monoisotopic (exact) mass is 433 g/mol. The molecule has 2 aromatic rings. The van der Waals surface area contributed by atoms with E-state index in [-0.39, 0.29) is 23.4 Å². The Balaban J connectivity index is 1.66. The quantitative estimate of drug-likeness (QED) is 0.657. The van der Waals surface area contributed by atoms with Crippen molar-refractivity contribution in [2.24, 2.45) is 5.92 Å². The van der Waals surface area contributed by atoms with Crippen LogP contribution in [0.4, 0.5) is 4.79 Å². The molecule has 0 fully saturated rings. The van der Waals surface area contributed by atoms with Crippen LogP contribution in [0.2, 0.25) is 0 Å². The standard InChI is InChI=1S/C27H31NO4/c1-15-18-10-11-21-20-9-7-6-8-19(20)17(12-13-28-26(31)32-27(3,4)5)14-22(21)23(18)25(30)16(2)24(15)29/h6-11,15-17H,12-14H2,1-5H3,(H,28,31). The first-order valence-electron chi connectivity index (χ1n) is 11.4. The summed E-state index contributed by atoms with van der Waals surface area (Å²) < 4.78 is 5.35. The minimum absolute atomic E-state index is 0.00299. The van der Waals surface area contributed by atoms with Gasteiger partial charge in [-0.2, -0.15) is 0 Å². The molecule has 2 aromatic carbocycles. The van der Waals surface area contributed by atoms with Crippen LogP contribution in [0.5, 0.6) is 0 Å². The van der Waals surface area contributed by atoms with Crippen molar-refractivity contribution in [1.29, 1.82) is 0 Å². The summed E-state index contributed by atoms with van der Waals surface area (Å²) in [7, 11) is 0. The number of carbonyl (C=O) groups is 3. The van der Waals surface area contributed by atoms with Crippen LogP contribution in [0.15, 0.2) is 36.4 Å². The highest BCUT2D eigenvalue weighted by molar-refractivity contribution is 6.17. The third-order valence-electron chi connectivity index (χ3n) is 6.61. The molecule has 32 heavy (non-hydrogen) atoms. The molecule has 2 aliphatic carbocycles. The molecule has 2 aliphatic rings. The third kappa shape index (κ3) is 3.96. The number of ketones is 2. The van der Waals surface area contributed by atoms with Crippen molar-refractivity contribution in [3.63, 3.8) is 0 Å². The first-order chi connectivity index (χ1) is 15.1. The number of amides is 1. The van der Waals surface area contributed by atoms with Crippen LogP contribution in [0.3, 0.4) is 0 Å². The van der Waals surface area contributed by atoms with Gasteiger partial charge in [-0.25, -0.2) is 4.79 Å². The lowest BCUT2D eigenvalue weighted by Crippen LogP contribution is -2.35. The highest BCUT2D eigenvalue weighted by atomic mass is 16.6. The van der Waals surface area contributed by atoms with Gasteiger partial charge < -0.3 is 10.1 Å². The maximum absolute atomic E-state index is 13.2. The fourth-order valence-corrected chi connectivity index (χ4v) is 5.03. The maximum atomic E-state index is 13.2. The van der Waals surface area contributed by atoms with Crippen LogP contribution in [-0.2, 0) is 16.0 Å². The van der Waals surface area contributed by atoms with Gasteiger partial charge >= 0.3 is 6.09 Å². The van der Waals surface area contributed by atoms with Crippen molar-refractivity contribution < 1.29 is 19.1 Å². The largest absolute Gasteiger partial charge is 0.444 e. The fourth-order valence-electron chi connectivity index (χ4n) is 5.03. The van der Waals surface area contributed by atoms with E-state index in [9.17, 15) is 14.4 Å². The molecule has 168 valence electrons. The van der Waals surface area contributed by atoms with Crippen molar-refractivity contribution in [2.45, 2.75) is 64.9 Å². The predicted molar refractivity (Wildman–Crippen MR) is 124 cm³/mol. The van der Waals surface area contributed by atoms with Crippen molar-refractivity contribution >= 4 is 17.7 Å². The number of Topliss-reactive ketones (excluding diaryl/α,β-unsaturated/α-hetero) is 2. The molecule has 0 radical (unpaired) electrons. The molecule has 3 unspecified atom stereocenters. The van der Waals surface area contributed by atoms with Gasteiger partial charge in [-0.05, 0) is 74.3 Å². The number of alkyl carbamates (subject to hydrolysis) is 1. The van der Waals surface area contributed by atoms with Crippen molar-refractivity contribution in [2.75, 3.05) is 6.54 Å². The van der Waals surface area contributed by atoms with Gasteiger partial charge in [0.25, 0.3) is 0 Å². The number of fused-ring (bicyclic) bond motifs is 5. The Morgan fingerprint density at radius 2 is 1.72 bits per heavy atom. The van der Waals surface area contributed by atoms with Crippen LogP contribution >= 0.6 is 0 Å². The Labute approximate surface area is 189 Å². The first kappa shape index (κ1) is 22.3. The van der Waals surface area contributed by atoms with Gasteiger partial charge in [0.2, 0.25) is 0 Å². The smallest absolute Gasteiger partial charge is 0.407 e. The summed E-state index contributed by atoms with van der Waals surface area (Å²) in [6, 6.07) is 12.3. The normalized spacial score (nSPS) is 22.0. The zero-order valence-corrected chi connectivity index (χ0v) is 19.5. The molecule has 0 bridgehead atoms. The number of carbonyl (C=O) groups excluding carboxylic acids is 3. The molecule has 5 nitrogen and oxygen atoms in total. The summed E-state index contributed by atoms with van der Waals surface area (Å²) in [6.45, 7) is 9.63. The topological polar surface area (TPSA) is 72.5 Å².